The molecule has 0 aliphatic rings. The average Bonchev–Trinajstić information content (AvgIpc) is 2.39. The van der Waals surface area contributed by atoms with Crippen LogP contribution in [0, 0.1) is 0 Å². The van der Waals surface area contributed by atoms with E-state index in [2.05, 4.69) is 21.1 Å². The van der Waals surface area contributed by atoms with Gasteiger partial charge in [-0.05, 0) is 35.4 Å². The SMILES string of the molecule is O/N=C\c1cccc(OCc2ccc(Br)cc2)c1. The predicted octanol–water partition coefficient (Wildman–Crippen LogP) is 3.84. The summed E-state index contributed by atoms with van der Waals surface area (Å²) in [6, 6.07) is 15.3. The molecule has 0 atom stereocenters. The molecule has 0 saturated carbocycles. The lowest BCUT2D eigenvalue weighted by atomic mass is 10.2. The summed E-state index contributed by atoms with van der Waals surface area (Å²) in [6.45, 7) is 0.507. The maximum absolute atomic E-state index is 8.47. The third-order valence-electron chi connectivity index (χ3n) is 2.38. The van der Waals surface area contributed by atoms with E-state index in [9.17, 15) is 0 Å². The first-order valence-corrected chi connectivity index (χ1v) is 6.22. The number of benzene rings is 2. The topological polar surface area (TPSA) is 41.8 Å². The Balaban J connectivity index is 2.01. The first-order chi connectivity index (χ1) is 8.78. The summed E-state index contributed by atoms with van der Waals surface area (Å²) in [5.74, 6) is 0.746. The molecule has 0 bridgehead atoms. The number of nitrogens with zero attached hydrogens (tertiary/aromatic N) is 1. The third kappa shape index (κ3) is 3.60. The molecule has 3 nitrogen and oxygen atoms in total. The third-order valence-corrected chi connectivity index (χ3v) is 2.91. The molecule has 0 saturated heterocycles. The van der Waals surface area contributed by atoms with Crippen molar-refractivity contribution < 1.29 is 9.94 Å². The monoisotopic (exact) mass is 305 g/mol. The second-order valence-corrected chi connectivity index (χ2v) is 4.65. The zero-order valence-electron chi connectivity index (χ0n) is 9.58. The van der Waals surface area contributed by atoms with Gasteiger partial charge in [0.15, 0.2) is 0 Å². The quantitative estimate of drug-likeness (QED) is 0.530. The van der Waals surface area contributed by atoms with Crippen molar-refractivity contribution in [2.75, 3.05) is 0 Å². The van der Waals surface area contributed by atoms with Crippen molar-refractivity contribution in [2.45, 2.75) is 6.61 Å². The Hall–Kier alpha value is -1.81. The molecule has 0 fully saturated rings. The molecule has 0 unspecified atom stereocenters. The number of hydrogen-bond donors (Lipinski definition) is 1. The predicted molar refractivity (Wildman–Crippen MR) is 74.3 cm³/mol. The molecular formula is C14H12BrNO2. The first kappa shape index (κ1) is 12.6. The van der Waals surface area contributed by atoms with Gasteiger partial charge in [0.25, 0.3) is 0 Å². The van der Waals surface area contributed by atoms with E-state index in [-0.39, 0.29) is 0 Å². The van der Waals surface area contributed by atoms with Crippen molar-refractivity contribution in [3.8, 4) is 5.75 Å². The maximum Gasteiger partial charge on any atom is 0.120 e. The number of oxime groups is 1. The minimum atomic E-state index is 0.507. The standard InChI is InChI=1S/C14H12BrNO2/c15-13-6-4-11(5-7-13)10-18-14-3-1-2-12(8-14)9-16-17/h1-9,17H,10H2/b16-9-. The van der Waals surface area contributed by atoms with E-state index in [1.165, 1.54) is 6.21 Å². The van der Waals surface area contributed by atoms with Crippen LogP contribution in [0.3, 0.4) is 0 Å². The number of hydrogen-bond acceptors (Lipinski definition) is 3. The molecule has 0 aromatic heterocycles. The van der Waals surface area contributed by atoms with Gasteiger partial charge >= 0.3 is 0 Å². The van der Waals surface area contributed by atoms with E-state index in [0.29, 0.717) is 6.61 Å². The lowest BCUT2D eigenvalue weighted by Gasteiger charge is -2.06. The van der Waals surface area contributed by atoms with Gasteiger partial charge in [-0.15, -0.1) is 0 Å². The molecule has 18 heavy (non-hydrogen) atoms. The minimum Gasteiger partial charge on any atom is -0.489 e. The van der Waals surface area contributed by atoms with Crippen LogP contribution < -0.4 is 4.74 Å². The molecule has 0 aliphatic carbocycles. The highest BCUT2D eigenvalue weighted by atomic mass is 79.9. The summed E-state index contributed by atoms with van der Waals surface area (Å²) in [5, 5.41) is 11.5. The molecule has 0 radical (unpaired) electrons. The van der Waals surface area contributed by atoms with Crippen LogP contribution in [0.2, 0.25) is 0 Å². The Morgan fingerprint density at radius 1 is 1.17 bits per heavy atom. The fourth-order valence-corrected chi connectivity index (χ4v) is 1.76. The van der Waals surface area contributed by atoms with Crippen molar-refractivity contribution in [1.82, 2.24) is 0 Å². The molecule has 1 N–H and O–H groups in total. The molecule has 2 aromatic carbocycles. The van der Waals surface area contributed by atoms with Crippen LogP contribution in [0.25, 0.3) is 0 Å². The van der Waals surface area contributed by atoms with Gasteiger partial charge in [-0.1, -0.05) is 45.4 Å². The van der Waals surface area contributed by atoms with Gasteiger partial charge in [-0.2, -0.15) is 0 Å². The summed E-state index contributed by atoms with van der Waals surface area (Å²) < 4.78 is 6.71. The van der Waals surface area contributed by atoms with Crippen LogP contribution in [0.1, 0.15) is 11.1 Å². The number of rotatable bonds is 4. The van der Waals surface area contributed by atoms with Crippen LogP contribution >= 0.6 is 15.9 Å². The fourth-order valence-electron chi connectivity index (χ4n) is 1.50. The van der Waals surface area contributed by atoms with Crippen molar-refractivity contribution in [2.24, 2.45) is 5.16 Å². The van der Waals surface area contributed by atoms with Crippen LogP contribution in [-0.2, 0) is 6.61 Å². The van der Waals surface area contributed by atoms with Crippen molar-refractivity contribution >= 4 is 22.1 Å². The first-order valence-electron chi connectivity index (χ1n) is 5.42. The lowest BCUT2D eigenvalue weighted by Crippen LogP contribution is -1.95. The average molecular weight is 306 g/mol. The van der Waals surface area contributed by atoms with E-state index < -0.39 is 0 Å². The molecule has 92 valence electrons. The molecule has 0 heterocycles. The molecular weight excluding hydrogens is 294 g/mol. The van der Waals surface area contributed by atoms with Crippen molar-refractivity contribution in [3.05, 3.63) is 64.1 Å². The van der Waals surface area contributed by atoms with Gasteiger partial charge in [0, 0.05) is 4.47 Å². The van der Waals surface area contributed by atoms with Crippen LogP contribution in [0.15, 0.2) is 58.2 Å². The summed E-state index contributed by atoms with van der Waals surface area (Å²) in [7, 11) is 0. The Labute approximate surface area is 114 Å². The Bertz CT molecular complexity index is 538. The highest BCUT2D eigenvalue weighted by molar-refractivity contribution is 9.10. The maximum atomic E-state index is 8.47. The van der Waals surface area contributed by atoms with Gasteiger partial charge in [-0.25, -0.2) is 0 Å². The summed E-state index contributed by atoms with van der Waals surface area (Å²) in [4.78, 5) is 0. The zero-order valence-corrected chi connectivity index (χ0v) is 11.2. The van der Waals surface area contributed by atoms with Crippen molar-refractivity contribution in [3.63, 3.8) is 0 Å². The summed E-state index contributed by atoms with van der Waals surface area (Å²) in [5.41, 5.74) is 1.89. The zero-order chi connectivity index (χ0) is 12.8. The van der Waals surface area contributed by atoms with Crippen LogP contribution in [0.5, 0.6) is 5.75 Å². The second-order valence-electron chi connectivity index (χ2n) is 3.73. The minimum absolute atomic E-state index is 0.507. The molecule has 2 rings (SSSR count). The lowest BCUT2D eigenvalue weighted by molar-refractivity contribution is 0.306. The molecule has 0 aliphatic heterocycles. The van der Waals surface area contributed by atoms with Crippen LogP contribution in [-0.4, -0.2) is 11.4 Å². The number of ether oxygens (including phenoxy) is 1. The van der Waals surface area contributed by atoms with E-state index in [1.54, 1.807) is 0 Å². The van der Waals surface area contributed by atoms with Gasteiger partial charge < -0.3 is 9.94 Å². The molecule has 2 aromatic rings. The van der Waals surface area contributed by atoms with Crippen LogP contribution in [0.4, 0.5) is 0 Å². The highest BCUT2D eigenvalue weighted by Crippen LogP contribution is 2.15. The Kier molecular flexibility index (Phi) is 4.36. The Morgan fingerprint density at radius 3 is 2.67 bits per heavy atom. The van der Waals surface area contributed by atoms with Gasteiger partial charge in [-0.3, -0.25) is 0 Å². The second kappa shape index (κ2) is 6.21. The van der Waals surface area contributed by atoms with Gasteiger partial charge in [0.1, 0.15) is 12.4 Å². The van der Waals surface area contributed by atoms with E-state index >= 15 is 0 Å². The van der Waals surface area contributed by atoms with Gasteiger partial charge in [0.05, 0.1) is 6.21 Å². The molecule has 0 spiro atoms. The smallest absolute Gasteiger partial charge is 0.120 e. The normalized spacial score (nSPS) is 10.7. The molecule has 4 heteroatoms. The molecule has 0 amide bonds. The van der Waals surface area contributed by atoms with Crippen molar-refractivity contribution in [1.29, 1.82) is 0 Å². The van der Waals surface area contributed by atoms with E-state index in [0.717, 1.165) is 21.3 Å². The van der Waals surface area contributed by atoms with E-state index in [1.807, 2.05) is 48.5 Å². The Morgan fingerprint density at radius 2 is 1.94 bits per heavy atom. The number of halogens is 1. The largest absolute Gasteiger partial charge is 0.489 e. The summed E-state index contributed by atoms with van der Waals surface area (Å²) >= 11 is 3.39. The highest BCUT2D eigenvalue weighted by Gasteiger charge is 1.97. The fraction of sp³-hybridized carbons (Fsp3) is 0.0714. The van der Waals surface area contributed by atoms with Gasteiger partial charge in [0.2, 0.25) is 0 Å². The summed E-state index contributed by atoms with van der Waals surface area (Å²) in [6.07, 6.45) is 1.37. The van der Waals surface area contributed by atoms with E-state index in [4.69, 9.17) is 9.94 Å².